The normalized spacial score (nSPS) is 12.1. The minimum atomic E-state index is -0.233. The molecule has 0 aliphatic heterocycles. The smallest absolute Gasteiger partial charge is 0.236 e. The molecule has 0 heterocycles. The minimum Gasteiger partial charge on any atom is -0.508 e. The quantitative estimate of drug-likeness (QED) is 0.699. The minimum absolute atomic E-state index is 0.00648. The fourth-order valence-electron chi connectivity index (χ4n) is 1.43. The third-order valence-electron chi connectivity index (χ3n) is 2.47. The maximum atomic E-state index is 11.6. The lowest BCUT2D eigenvalue weighted by Crippen LogP contribution is -2.42. The van der Waals surface area contributed by atoms with Gasteiger partial charge in [0.2, 0.25) is 5.91 Å². The van der Waals surface area contributed by atoms with Crippen LogP contribution >= 0.6 is 0 Å². The Morgan fingerprint density at radius 1 is 1.47 bits per heavy atom. The highest BCUT2D eigenvalue weighted by atomic mass is 16.3. The maximum absolute atomic E-state index is 11.6. The zero-order chi connectivity index (χ0) is 12.7. The molecule has 4 heteroatoms. The lowest BCUT2D eigenvalue weighted by Gasteiger charge is -2.13. The third kappa shape index (κ3) is 4.87. The van der Waals surface area contributed by atoms with Crippen molar-refractivity contribution in [3.8, 4) is 5.75 Å². The van der Waals surface area contributed by atoms with Crippen LogP contribution in [0.1, 0.15) is 25.8 Å². The van der Waals surface area contributed by atoms with E-state index in [4.69, 9.17) is 0 Å². The lowest BCUT2D eigenvalue weighted by atomic mass is 10.2. The molecule has 0 saturated heterocycles. The van der Waals surface area contributed by atoms with Crippen LogP contribution < -0.4 is 10.6 Å². The monoisotopic (exact) mass is 236 g/mol. The zero-order valence-corrected chi connectivity index (χ0v) is 10.4. The first kappa shape index (κ1) is 13.5. The first-order chi connectivity index (χ1) is 8.13. The molecule has 0 aliphatic rings. The Balaban J connectivity index is 2.37. The van der Waals surface area contributed by atoms with Crippen molar-refractivity contribution in [3.63, 3.8) is 0 Å². The molecule has 3 N–H and O–H groups in total. The van der Waals surface area contributed by atoms with Gasteiger partial charge in [-0.25, -0.2) is 0 Å². The number of hydrogen-bond acceptors (Lipinski definition) is 3. The largest absolute Gasteiger partial charge is 0.508 e. The first-order valence-electron chi connectivity index (χ1n) is 5.92. The molecule has 94 valence electrons. The van der Waals surface area contributed by atoms with E-state index >= 15 is 0 Å². The van der Waals surface area contributed by atoms with Crippen LogP contribution in [0, 0.1) is 0 Å². The summed E-state index contributed by atoms with van der Waals surface area (Å²) in [5.41, 5.74) is 0.958. The third-order valence-corrected chi connectivity index (χ3v) is 2.47. The van der Waals surface area contributed by atoms with Crippen molar-refractivity contribution in [2.75, 3.05) is 6.54 Å². The molecular formula is C13H20N2O2. The van der Waals surface area contributed by atoms with E-state index in [1.54, 1.807) is 18.2 Å². The van der Waals surface area contributed by atoms with Gasteiger partial charge >= 0.3 is 0 Å². The number of carbonyl (C=O) groups excluding carboxylic acids is 1. The Morgan fingerprint density at radius 3 is 2.88 bits per heavy atom. The van der Waals surface area contributed by atoms with E-state index in [-0.39, 0.29) is 17.7 Å². The van der Waals surface area contributed by atoms with E-state index in [9.17, 15) is 9.90 Å². The maximum Gasteiger partial charge on any atom is 0.236 e. The number of rotatable bonds is 6. The van der Waals surface area contributed by atoms with Crippen molar-refractivity contribution in [1.82, 2.24) is 10.6 Å². The van der Waals surface area contributed by atoms with Crippen LogP contribution in [0.15, 0.2) is 24.3 Å². The van der Waals surface area contributed by atoms with Crippen LogP contribution in [0.5, 0.6) is 5.75 Å². The van der Waals surface area contributed by atoms with Gasteiger partial charge in [0.05, 0.1) is 6.04 Å². The fraction of sp³-hybridized carbons (Fsp3) is 0.462. The number of nitrogens with one attached hydrogen (secondary N) is 2. The number of aromatic hydroxyl groups is 1. The Bertz CT molecular complexity index is 366. The molecule has 0 saturated carbocycles. The summed E-state index contributed by atoms with van der Waals surface area (Å²) < 4.78 is 0. The molecule has 1 unspecified atom stereocenters. The molecule has 1 rings (SSSR count). The highest BCUT2D eigenvalue weighted by Crippen LogP contribution is 2.10. The summed E-state index contributed by atoms with van der Waals surface area (Å²) in [5, 5.41) is 15.2. The van der Waals surface area contributed by atoms with Gasteiger partial charge in [-0.2, -0.15) is 0 Å². The van der Waals surface area contributed by atoms with E-state index in [0.717, 1.165) is 12.0 Å². The molecule has 0 fully saturated rings. The standard InChI is InChI=1S/C13H20N2O2/c1-3-7-14-13(17)10(2)15-9-11-5-4-6-12(16)8-11/h4-6,8,10,15-16H,3,7,9H2,1-2H3,(H,14,17). The molecule has 0 aliphatic carbocycles. The van der Waals surface area contributed by atoms with Gasteiger partial charge in [-0.05, 0) is 31.0 Å². The van der Waals surface area contributed by atoms with Gasteiger partial charge in [0.1, 0.15) is 5.75 Å². The summed E-state index contributed by atoms with van der Waals surface area (Å²) in [6.45, 7) is 5.12. The number of carbonyl (C=O) groups is 1. The Labute approximate surface area is 102 Å². The molecule has 4 nitrogen and oxygen atoms in total. The van der Waals surface area contributed by atoms with Gasteiger partial charge in [0.15, 0.2) is 0 Å². The molecule has 0 aromatic heterocycles. The van der Waals surface area contributed by atoms with Gasteiger partial charge in [0, 0.05) is 13.1 Å². The number of amides is 1. The second kappa shape index (κ2) is 6.91. The van der Waals surface area contributed by atoms with Crippen molar-refractivity contribution < 1.29 is 9.90 Å². The van der Waals surface area contributed by atoms with E-state index in [1.165, 1.54) is 0 Å². The van der Waals surface area contributed by atoms with Crippen molar-refractivity contribution in [1.29, 1.82) is 0 Å². The summed E-state index contributed by atoms with van der Waals surface area (Å²) in [4.78, 5) is 11.6. The first-order valence-corrected chi connectivity index (χ1v) is 5.92. The predicted molar refractivity (Wildman–Crippen MR) is 67.7 cm³/mol. The molecule has 1 amide bonds. The van der Waals surface area contributed by atoms with Crippen LogP contribution in [0.2, 0.25) is 0 Å². The van der Waals surface area contributed by atoms with Gasteiger partial charge in [0.25, 0.3) is 0 Å². The fourth-order valence-corrected chi connectivity index (χ4v) is 1.43. The van der Waals surface area contributed by atoms with Crippen molar-refractivity contribution >= 4 is 5.91 Å². The van der Waals surface area contributed by atoms with Crippen molar-refractivity contribution in [2.45, 2.75) is 32.9 Å². The summed E-state index contributed by atoms with van der Waals surface area (Å²) in [6, 6.07) is 6.77. The van der Waals surface area contributed by atoms with E-state index in [2.05, 4.69) is 10.6 Å². The van der Waals surface area contributed by atoms with Crippen LogP contribution in [0.3, 0.4) is 0 Å². The van der Waals surface area contributed by atoms with E-state index < -0.39 is 0 Å². The summed E-state index contributed by atoms with van der Waals surface area (Å²) in [6.07, 6.45) is 0.936. The molecule has 1 aromatic carbocycles. The zero-order valence-electron chi connectivity index (χ0n) is 10.4. The molecule has 1 aromatic rings. The van der Waals surface area contributed by atoms with Gasteiger partial charge in [-0.3, -0.25) is 4.79 Å². The number of hydrogen-bond donors (Lipinski definition) is 3. The highest BCUT2D eigenvalue weighted by molar-refractivity contribution is 5.81. The average Bonchev–Trinajstić information content (AvgIpc) is 2.33. The summed E-state index contributed by atoms with van der Waals surface area (Å²) in [5.74, 6) is 0.249. The number of phenols is 1. The van der Waals surface area contributed by atoms with Crippen LogP contribution in [-0.2, 0) is 11.3 Å². The van der Waals surface area contributed by atoms with Crippen LogP contribution in [-0.4, -0.2) is 23.6 Å². The second-order valence-electron chi connectivity index (χ2n) is 4.06. The summed E-state index contributed by atoms with van der Waals surface area (Å²) >= 11 is 0. The van der Waals surface area contributed by atoms with Crippen molar-refractivity contribution in [2.24, 2.45) is 0 Å². The Hall–Kier alpha value is -1.55. The second-order valence-corrected chi connectivity index (χ2v) is 4.06. The predicted octanol–water partition coefficient (Wildman–Crippen LogP) is 1.40. The molecule has 0 spiro atoms. The SMILES string of the molecule is CCCNC(=O)C(C)NCc1cccc(O)c1. The van der Waals surface area contributed by atoms with Gasteiger partial charge < -0.3 is 15.7 Å². The number of phenolic OH excluding ortho intramolecular Hbond substituents is 1. The van der Waals surface area contributed by atoms with E-state index in [0.29, 0.717) is 13.1 Å². The van der Waals surface area contributed by atoms with Gasteiger partial charge in [-0.15, -0.1) is 0 Å². The molecule has 0 radical (unpaired) electrons. The van der Waals surface area contributed by atoms with Crippen LogP contribution in [0.25, 0.3) is 0 Å². The highest BCUT2D eigenvalue weighted by Gasteiger charge is 2.10. The van der Waals surface area contributed by atoms with Gasteiger partial charge in [-0.1, -0.05) is 19.1 Å². The van der Waals surface area contributed by atoms with Crippen LogP contribution in [0.4, 0.5) is 0 Å². The topological polar surface area (TPSA) is 61.4 Å². The molecular weight excluding hydrogens is 216 g/mol. The Morgan fingerprint density at radius 2 is 2.24 bits per heavy atom. The Kier molecular flexibility index (Phi) is 5.49. The molecule has 0 bridgehead atoms. The molecule has 17 heavy (non-hydrogen) atoms. The number of benzene rings is 1. The lowest BCUT2D eigenvalue weighted by molar-refractivity contribution is -0.122. The van der Waals surface area contributed by atoms with Crippen molar-refractivity contribution in [3.05, 3.63) is 29.8 Å². The van der Waals surface area contributed by atoms with E-state index in [1.807, 2.05) is 19.9 Å². The summed E-state index contributed by atoms with van der Waals surface area (Å²) in [7, 11) is 0. The average molecular weight is 236 g/mol. The molecule has 1 atom stereocenters.